The monoisotopic (exact) mass is 311 g/mol. The van der Waals surface area contributed by atoms with E-state index in [0.29, 0.717) is 0 Å². The molecule has 112 valence electrons. The Morgan fingerprint density at radius 2 is 1.90 bits per heavy atom. The molecule has 21 heavy (non-hydrogen) atoms. The zero-order valence-electron chi connectivity index (χ0n) is 11.4. The zero-order valence-corrected chi connectivity index (χ0v) is 12.2. The number of aryl methyl sites for hydroxylation is 1. The molecule has 1 aliphatic rings. The highest BCUT2D eigenvalue weighted by Gasteiger charge is 2.42. The van der Waals surface area contributed by atoms with E-state index in [0.717, 1.165) is 24.8 Å². The van der Waals surface area contributed by atoms with Crippen molar-refractivity contribution >= 4 is 11.3 Å². The SMILES string of the molecule is FC(F)(F)C(NC1CCCc2sccc21)c1ccccc1. The van der Waals surface area contributed by atoms with Gasteiger partial charge in [-0.15, -0.1) is 11.3 Å². The molecule has 1 nitrogen and oxygen atoms in total. The van der Waals surface area contributed by atoms with Gasteiger partial charge in [-0.1, -0.05) is 30.3 Å². The van der Waals surface area contributed by atoms with E-state index < -0.39 is 12.2 Å². The summed E-state index contributed by atoms with van der Waals surface area (Å²) >= 11 is 1.64. The van der Waals surface area contributed by atoms with Gasteiger partial charge in [-0.05, 0) is 41.8 Å². The number of thiophene rings is 1. The number of alkyl halides is 3. The predicted octanol–water partition coefficient (Wildman–Crippen LogP) is 5.02. The van der Waals surface area contributed by atoms with Crippen LogP contribution in [-0.4, -0.2) is 6.18 Å². The normalized spacial score (nSPS) is 20.0. The molecule has 0 spiro atoms. The van der Waals surface area contributed by atoms with Gasteiger partial charge < -0.3 is 0 Å². The van der Waals surface area contributed by atoms with Crippen LogP contribution in [-0.2, 0) is 6.42 Å². The summed E-state index contributed by atoms with van der Waals surface area (Å²) in [5, 5.41) is 4.80. The van der Waals surface area contributed by atoms with E-state index in [-0.39, 0.29) is 11.6 Å². The molecule has 0 bridgehead atoms. The van der Waals surface area contributed by atoms with Gasteiger partial charge >= 0.3 is 6.18 Å². The van der Waals surface area contributed by atoms with Gasteiger partial charge in [0.2, 0.25) is 0 Å². The molecule has 1 aromatic carbocycles. The highest BCUT2D eigenvalue weighted by Crippen LogP contribution is 2.39. The Kier molecular flexibility index (Phi) is 4.04. The maximum Gasteiger partial charge on any atom is 0.407 e. The van der Waals surface area contributed by atoms with Gasteiger partial charge in [0.1, 0.15) is 6.04 Å². The number of halogens is 3. The van der Waals surface area contributed by atoms with Crippen LogP contribution >= 0.6 is 11.3 Å². The molecule has 0 aliphatic heterocycles. The van der Waals surface area contributed by atoms with E-state index in [2.05, 4.69) is 5.32 Å². The second kappa shape index (κ2) is 5.81. The van der Waals surface area contributed by atoms with Crippen molar-refractivity contribution in [2.24, 2.45) is 0 Å². The zero-order chi connectivity index (χ0) is 14.9. The molecule has 2 atom stereocenters. The third-order valence-corrected chi connectivity index (χ3v) is 4.88. The van der Waals surface area contributed by atoms with Gasteiger partial charge in [-0.2, -0.15) is 13.2 Å². The molecule has 5 heteroatoms. The summed E-state index contributed by atoms with van der Waals surface area (Å²) in [5.74, 6) is 0. The van der Waals surface area contributed by atoms with Crippen LogP contribution in [0.3, 0.4) is 0 Å². The second-order valence-electron chi connectivity index (χ2n) is 5.30. The lowest BCUT2D eigenvalue weighted by atomic mass is 9.92. The van der Waals surface area contributed by atoms with Crippen LogP contribution in [0.1, 0.15) is 40.9 Å². The molecule has 1 heterocycles. The quantitative estimate of drug-likeness (QED) is 0.839. The molecule has 2 aromatic rings. The van der Waals surface area contributed by atoms with E-state index in [4.69, 9.17) is 0 Å². The van der Waals surface area contributed by atoms with Gasteiger partial charge in [-0.25, -0.2) is 0 Å². The molecule has 3 rings (SSSR count). The van der Waals surface area contributed by atoms with Gasteiger partial charge in [0.25, 0.3) is 0 Å². The molecular formula is C16H16F3NS. The van der Waals surface area contributed by atoms with E-state index >= 15 is 0 Å². The standard InChI is InChI=1S/C16H16F3NS/c17-16(18,19)15(11-5-2-1-3-6-11)20-13-7-4-8-14-12(13)9-10-21-14/h1-3,5-6,9-10,13,15,20H,4,7-8H2. The minimum Gasteiger partial charge on any atom is -0.295 e. The van der Waals surface area contributed by atoms with Crippen molar-refractivity contribution in [2.75, 3.05) is 0 Å². The molecule has 0 amide bonds. The first-order valence-electron chi connectivity index (χ1n) is 6.99. The number of fused-ring (bicyclic) bond motifs is 1. The van der Waals surface area contributed by atoms with Crippen molar-refractivity contribution in [1.29, 1.82) is 0 Å². The van der Waals surface area contributed by atoms with Crippen molar-refractivity contribution in [2.45, 2.75) is 37.5 Å². The van der Waals surface area contributed by atoms with Crippen molar-refractivity contribution < 1.29 is 13.2 Å². The first kappa shape index (κ1) is 14.6. The van der Waals surface area contributed by atoms with E-state index in [9.17, 15) is 13.2 Å². The smallest absolute Gasteiger partial charge is 0.295 e. The van der Waals surface area contributed by atoms with Gasteiger partial charge in [-0.3, -0.25) is 5.32 Å². The first-order chi connectivity index (χ1) is 10.1. The maximum atomic E-state index is 13.4. The Bertz CT molecular complexity index is 591. The van der Waals surface area contributed by atoms with Gasteiger partial charge in [0.15, 0.2) is 0 Å². The maximum absolute atomic E-state index is 13.4. The molecule has 1 aliphatic carbocycles. The molecule has 2 unspecified atom stereocenters. The van der Waals surface area contributed by atoms with Crippen LogP contribution in [0, 0.1) is 0 Å². The predicted molar refractivity (Wildman–Crippen MR) is 78.4 cm³/mol. The Hall–Kier alpha value is -1.33. The summed E-state index contributed by atoms with van der Waals surface area (Å²) in [6, 6.07) is 8.20. The van der Waals surface area contributed by atoms with Crippen molar-refractivity contribution in [3.05, 3.63) is 57.8 Å². The van der Waals surface area contributed by atoms with Crippen LogP contribution < -0.4 is 5.32 Å². The molecule has 0 radical (unpaired) electrons. The third-order valence-electron chi connectivity index (χ3n) is 3.88. The Morgan fingerprint density at radius 3 is 2.62 bits per heavy atom. The minimum atomic E-state index is -4.30. The van der Waals surface area contributed by atoms with E-state index in [1.165, 1.54) is 17.0 Å². The molecular weight excluding hydrogens is 295 g/mol. The molecule has 0 saturated carbocycles. The lowest BCUT2D eigenvalue weighted by molar-refractivity contribution is -0.160. The molecule has 1 N–H and O–H groups in total. The largest absolute Gasteiger partial charge is 0.407 e. The highest BCUT2D eigenvalue weighted by molar-refractivity contribution is 7.10. The summed E-state index contributed by atoms with van der Waals surface area (Å²) in [7, 11) is 0. The topological polar surface area (TPSA) is 12.0 Å². The lowest BCUT2D eigenvalue weighted by Gasteiger charge is -2.30. The fourth-order valence-corrected chi connectivity index (χ4v) is 3.87. The fraction of sp³-hybridized carbons (Fsp3) is 0.375. The van der Waals surface area contributed by atoms with E-state index in [1.54, 1.807) is 29.5 Å². The van der Waals surface area contributed by atoms with Crippen LogP contribution in [0.2, 0.25) is 0 Å². The summed E-state index contributed by atoms with van der Waals surface area (Å²) in [5.41, 5.74) is 1.31. The highest BCUT2D eigenvalue weighted by atomic mass is 32.1. The summed E-state index contributed by atoms with van der Waals surface area (Å²) in [6.45, 7) is 0. The van der Waals surface area contributed by atoms with Crippen molar-refractivity contribution in [3.8, 4) is 0 Å². The number of nitrogens with one attached hydrogen (secondary N) is 1. The second-order valence-corrected chi connectivity index (χ2v) is 6.30. The van der Waals surface area contributed by atoms with Crippen LogP contribution in [0.4, 0.5) is 13.2 Å². The summed E-state index contributed by atoms with van der Waals surface area (Å²) < 4.78 is 40.2. The number of benzene rings is 1. The average Bonchev–Trinajstić information content (AvgIpc) is 2.93. The Balaban J connectivity index is 1.87. The summed E-state index contributed by atoms with van der Waals surface area (Å²) in [6.07, 6.45) is -1.63. The summed E-state index contributed by atoms with van der Waals surface area (Å²) in [4.78, 5) is 1.22. The minimum absolute atomic E-state index is 0.216. The van der Waals surface area contributed by atoms with Gasteiger partial charge in [0, 0.05) is 10.9 Å². The first-order valence-corrected chi connectivity index (χ1v) is 7.87. The fourth-order valence-electron chi connectivity index (χ4n) is 2.89. The Labute approximate surface area is 125 Å². The number of hydrogen-bond acceptors (Lipinski definition) is 2. The third kappa shape index (κ3) is 3.14. The number of rotatable bonds is 3. The lowest BCUT2D eigenvalue weighted by Crippen LogP contribution is -2.37. The molecule has 0 saturated heterocycles. The van der Waals surface area contributed by atoms with Crippen molar-refractivity contribution in [3.63, 3.8) is 0 Å². The number of hydrogen-bond donors (Lipinski definition) is 1. The average molecular weight is 311 g/mol. The van der Waals surface area contributed by atoms with E-state index in [1.807, 2.05) is 11.4 Å². The molecule has 1 aromatic heterocycles. The Morgan fingerprint density at radius 1 is 1.14 bits per heavy atom. The van der Waals surface area contributed by atoms with Crippen molar-refractivity contribution in [1.82, 2.24) is 5.32 Å². The van der Waals surface area contributed by atoms with Crippen LogP contribution in [0.5, 0.6) is 0 Å². The van der Waals surface area contributed by atoms with Crippen LogP contribution in [0.15, 0.2) is 41.8 Å². The van der Waals surface area contributed by atoms with Gasteiger partial charge in [0.05, 0.1) is 0 Å². The molecule has 0 fully saturated rings. The van der Waals surface area contributed by atoms with Crippen LogP contribution in [0.25, 0.3) is 0 Å².